The number of pyridine rings is 1. The summed E-state index contributed by atoms with van der Waals surface area (Å²) in [7, 11) is 1.62. The normalized spacial score (nSPS) is 24.3. The van der Waals surface area contributed by atoms with Gasteiger partial charge in [0, 0.05) is 12.7 Å². The summed E-state index contributed by atoms with van der Waals surface area (Å²) < 4.78 is 5.13. The minimum absolute atomic E-state index is 0.111. The van der Waals surface area contributed by atoms with Gasteiger partial charge in [-0.05, 0) is 25.0 Å². The zero-order chi connectivity index (χ0) is 11.8. The van der Waals surface area contributed by atoms with Gasteiger partial charge >= 0.3 is 0 Å². The zero-order valence-electron chi connectivity index (χ0n) is 9.42. The molecule has 0 fully saturated rings. The molecule has 0 bridgehead atoms. The summed E-state index contributed by atoms with van der Waals surface area (Å²) in [5.41, 5.74) is 1.08. The molecule has 16 heavy (non-hydrogen) atoms. The van der Waals surface area contributed by atoms with Gasteiger partial charge in [-0.3, -0.25) is 4.79 Å². The third-order valence-corrected chi connectivity index (χ3v) is 3.32. The highest BCUT2D eigenvalue weighted by Gasteiger charge is 2.38. The van der Waals surface area contributed by atoms with E-state index in [2.05, 4.69) is 4.98 Å². The van der Waals surface area contributed by atoms with Crippen molar-refractivity contribution in [2.45, 2.75) is 19.8 Å². The Hall–Kier alpha value is -0.930. The number of hydrogen-bond acceptors (Lipinski definition) is 3. The maximum Gasteiger partial charge on any atom is 0.172 e. The molecular weight excluding hydrogens is 226 g/mol. The number of rotatable bonds is 2. The Morgan fingerprint density at radius 2 is 2.31 bits per heavy atom. The monoisotopic (exact) mass is 239 g/mol. The number of carbonyl (C=O) groups excluding carboxylic acids is 1. The van der Waals surface area contributed by atoms with Gasteiger partial charge in [0.15, 0.2) is 5.78 Å². The fourth-order valence-electron chi connectivity index (χ4n) is 2.16. The summed E-state index contributed by atoms with van der Waals surface area (Å²) >= 11 is 5.81. The highest BCUT2D eigenvalue weighted by Crippen LogP contribution is 2.35. The number of hydrogen-bond donors (Lipinski definition) is 0. The summed E-state index contributed by atoms with van der Waals surface area (Å²) in [6, 6.07) is 3.43. The number of halogens is 1. The third-order valence-electron chi connectivity index (χ3n) is 3.11. The van der Waals surface area contributed by atoms with Gasteiger partial charge in [0.2, 0.25) is 0 Å². The molecule has 1 aliphatic carbocycles. The van der Waals surface area contributed by atoms with Crippen LogP contribution in [0.15, 0.2) is 12.1 Å². The van der Waals surface area contributed by atoms with Crippen molar-refractivity contribution in [2.75, 3.05) is 13.7 Å². The number of ketones is 1. The quantitative estimate of drug-likeness (QED) is 0.745. The van der Waals surface area contributed by atoms with E-state index in [9.17, 15) is 4.79 Å². The lowest BCUT2D eigenvalue weighted by atomic mass is 9.74. The molecule has 86 valence electrons. The minimum atomic E-state index is -0.419. The second-order valence-electron chi connectivity index (χ2n) is 4.45. The number of aromatic nitrogens is 1. The van der Waals surface area contributed by atoms with Crippen molar-refractivity contribution in [2.24, 2.45) is 5.41 Å². The number of carbonyl (C=O) groups is 1. The lowest BCUT2D eigenvalue weighted by Crippen LogP contribution is -2.37. The topological polar surface area (TPSA) is 39.2 Å². The highest BCUT2D eigenvalue weighted by atomic mass is 35.5. The molecule has 0 aromatic carbocycles. The van der Waals surface area contributed by atoms with E-state index >= 15 is 0 Å². The van der Waals surface area contributed by atoms with Gasteiger partial charge < -0.3 is 4.74 Å². The zero-order valence-corrected chi connectivity index (χ0v) is 10.2. The second-order valence-corrected chi connectivity index (χ2v) is 4.84. The SMILES string of the molecule is COCC1(C)CCc2nc(Cl)ccc2C1=O. The molecule has 3 nitrogen and oxygen atoms in total. The van der Waals surface area contributed by atoms with Crippen LogP contribution in [0.4, 0.5) is 0 Å². The average Bonchev–Trinajstić information content (AvgIpc) is 2.25. The molecule has 1 aromatic rings. The average molecular weight is 240 g/mol. The Bertz CT molecular complexity index is 433. The summed E-state index contributed by atoms with van der Waals surface area (Å²) in [5, 5.41) is 0.446. The summed E-state index contributed by atoms with van der Waals surface area (Å²) in [6.07, 6.45) is 1.54. The molecule has 0 saturated heterocycles. The molecule has 1 aliphatic rings. The van der Waals surface area contributed by atoms with Crippen molar-refractivity contribution in [1.82, 2.24) is 4.98 Å². The van der Waals surface area contributed by atoms with Crippen molar-refractivity contribution in [3.05, 3.63) is 28.5 Å². The molecule has 1 unspecified atom stereocenters. The van der Waals surface area contributed by atoms with Gasteiger partial charge in [-0.1, -0.05) is 18.5 Å². The van der Waals surface area contributed by atoms with Gasteiger partial charge in [0.25, 0.3) is 0 Å². The first-order valence-corrected chi connectivity index (χ1v) is 5.64. The van der Waals surface area contributed by atoms with Crippen molar-refractivity contribution in [3.63, 3.8) is 0 Å². The fourth-order valence-corrected chi connectivity index (χ4v) is 2.33. The largest absolute Gasteiger partial charge is 0.384 e. The van der Waals surface area contributed by atoms with Crippen LogP contribution in [-0.4, -0.2) is 24.5 Å². The summed E-state index contributed by atoms with van der Waals surface area (Å²) in [4.78, 5) is 16.5. The Morgan fingerprint density at radius 1 is 1.56 bits per heavy atom. The van der Waals surface area contributed by atoms with Crippen LogP contribution in [0.1, 0.15) is 29.4 Å². The standard InChI is InChI=1S/C12H14ClNO2/c1-12(7-16-2)6-5-9-8(11(12)15)3-4-10(13)14-9/h3-4H,5-7H2,1-2H3. The van der Waals surface area contributed by atoms with Crippen LogP contribution in [0.5, 0.6) is 0 Å². The van der Waals surface area contributed by atoms with E-state index < -0.39 is 5.41 Å². The van der Waals surface area contributed by atoms with Crippen LogP contribution in [0.3, 0.4) is 0 Å². The van der Waals surface area contributed by atoms with Crippen molar-refractivity contribution < 1.29 is 9.53 Å². The lowest BCUT2D eigenvalue weighted by Gasteiger charge is -2.31. The van der Waals surface area contributed by atoms with Gasteiger partial charge in [-0.2, -0.15) is 0 Å². The molecule has 0 N–H and O–H groups in total. The molecule has 1 heterocycles. The number of ether oxygens (including phenoxy) is 1. The van der Waals surface area contributed by atoms with E-state index in [0.717, 1.165) is 18.5 Å². The van der Waals surface area contributed by atoms with E-state index in [-0.39, 0.29) is 5.78 Å². The first kappa shape index (κ1) is 11.6. The molecule has 1 aromatic heterocycles. The Balaban J connectivity index is 2.39. The number of nitrogens with zero attached hydrogens (tertiary/aromatic N) is 1. The number of methoxy groups -OCH3 is 1. The first-order chi connectivity index (χ1) is 7.57. The maximum absolute atomic E-state index is 12.3. The molecule has 4 heteroatoms. The smallest absolute Gasteiger partial charge is 0.172 e. The lowest BCUT2D eigenvalue weighted by molar-refractivity contribution is 0.0528. The Morgan fingerprint density at radius 3 is 3.00 bits per heavy atom. The van der Waals surface area contributed by atoms with Crippen molar-refractivity contribution in [3.8, 4) is 0 Å². The van der Waals surface area contributed by atoms with Crippen molar-refractivity contribution >= 4 is 17.4 Å². The highest BCUT2D eigenvalue weighted by molar-refractivity contribution is 6.29. The molecule has 0 aliphatic heterocycles. The molecule has 0 radical (unpaired) electrons. The van der Waals surface area contributed by atoms with Crippen LogP contribution < -0.4 is 0 Å². The van der Waals surface area contributed by atoms with Crippen LogP contribution in [-0.2, 0) is 11.2 Å². The second kappa shape index (κ2) is 4.15. The van der Waals surface area contributed by atoms with Gasteiger partial charge in [-0.15, -0.1) is 0 Å². The first-order valence-electron chi connectivity index (χ1n) is 5.26. The molecular formula is C12H14ClNO2. The van der Waals surface area contributed by atoms with Gasteiger partial charge in [0.05, 0.1) is 17.7 Å². The predicted octanol–water partition coefficient (Wildman–Crippen LogP) is 2.52. The van der Waals surface area contributed by atoms with E-state index in [4.69, 9.17) is 16.3 Å². The third kappa shape index (κ3) is 1.85. The molecule has 2 rings (SSSR count). The van der Waals surface area contributed by atoms with E-state index in [1.807, 2.05) is 6.92 Å². The Labute approximate surface area is 99.8 Å². The molecule has 0 spiro atoms. The van der Waals surface area contributed by atoms with Crippen LogP contribution in [0, 0.1) is 5.41 Å². The summed E-state index contributed by atoms with van der Waals surface area (Å²) in [6.45, 7) is 2.39. The van der Waals surface area contributed by atoms with Gasteiger partial charge in [0.1, 0.15) is 5.15 Å². The summed E-state index contributed by atoms with van der Waals surface area (Å²) in [5.74, 6) is 0.111. The minimum Gasteiger partial charge on any atom is -0.384 e. The predicted molar refractivity (Wildman–Crippen MR) is 61.9 cm³/mol. The van der Waals surface area contributed by atoms with Crippen LogP contribution in [0.25, 0.3) is 0 Å². The number of Topliss-reactive ketones (excluding diaryl/α,β-unsaturated/α-hetero) is 1. The van der Waals surface area contributed by atoms with E-state index in [0.29, 0.717) is 17.3 Å². The number of fused-ring (bicyclic) bond motifs is 1. The Kier molecular flexibility index (Phi) is 3.00. The molecule has 0 saturated carbocycles. The van der Waals surface area contributed by atoms with Crippen LogP contribution in [0.2, 0.25) is 5.15 Å². The maximum atomic E-state index is 12.3. The van der Waals surface area contributed by atoms with Gasteiger partial charge in [-0.25, -0.2) is 4.98 Å². The van der Waals surface area contributed by atoms with Crippen LogP contribution >= 0.6 is 11.6 Å². The fraction of sp³-hybridized carbons (Fsp3) is 0.500. The molecule has 1 atom stereocenters. The van der Waals surface area contributed by atoms with Crippen molar-refractivity contribution in [1.29, 1.82) is 0 Å². The van der Waals surface area contributed by atoms with E-state index in [1.54, 1.807) is 19.2 Å². The molecule has 0 amide bonds. The number of aryl methyl sites for hydroxylation is 1. The van der Waals surface area contributed by atoms with E-state index in [1.165, 1.54) is 0 Å².